The summed E-state index contributed by atoms with van der Waals surface area (Å²) in [5.41, 5.74) is 15.0. The molecular formula is C35H24N2. The summed E-state index contributed by atoms with van der Waals surface area (Å²) in [4.78, 5) is 9.16. The highest BCUT2D eigenvalue weighted by Gasteiger charge is 2.38. The number of rotatable bonds is 2. The van der Waals surface area contributed by atoms with E-state index in [0.717, 1.165) is 17.0 Å². The van der Waals surface area contributed by atoms with Gasteiger partial charge in [0.25, 0.3) is 0 Å². The first-order valence-electron chi connectivity index (χ1n) is 12.8. The number of nitrogens with zero attached hydrogens (tertiary/aromatic N) is 2. The van der Waals surface area contributed by atoms with Crippen molar-refractivity contribution in [2.75, 3.05) is 0 Å². The summed E-state index contributed by atoms with van der Waals surface area (Å²) < 4.78 is 0. The van der Waals surface area contributed by atoms with Gasteiger partial charge in [-0.15, -0.1) is 0 Å². The van der Waals surface area contributed by atoms with E-state index in [0.29, 0.717) is 0 Å². The lowest BCUT2D eigenvalue weighted by molar-refractivity contribution is 0.661. The average Bonchev–Trinajstić information content (AvgIpc) is 3.39. The number of fused-ring (bicyclic) bond motifs is 7. The van der Waals surface area contributed by atoms with Gasteiger partial charge in [0.2, 0.25) is 0 Å². The molecule has 0 saturated carbocycles. The van der Waals surface area contributed by atoms with Crippen molar-refractivity contribution in [1.29, 1.82) is 0 Å². The van der Waals surface area contributed by atoms with Crippen LogP contribution in [0.3, 0.4) is 0 Å². The van der Waals surface area contributed by atoms with Gasteiger partial charge in [0.05, 0.1) is 11.4 Å². The molecule has 0 saturated heterocycles. The summed E-state index contributed by atoms with van der Waals surface area (Å²) in [6.07, 6.45) is 3.77. The van der Waals surface area contributed by atoms with Crippen LogP contribution in [0.1, 0.15) is 25.0 Å². The maximum Gasteiger partial charge on any atom is 0.0886 e. The first kappa shape index (κ1) is 20.6. The first-order chi connectivity index (χ1) is 18.1. The molecule has 2 aliphatic rings. The van der Waals surface area contributed by atoms with Crippen LogP contribution in [-0.2, 0) is 5.41 Å². The van der Waals surface area contributed by atoms with Gasteiger partial charge < -0.3 is 0 Å². The van der Waals surface area contributed by atoms with E-state index >= 15 is 0 Å². The zero-order valence-electron chi connectivity index (χ0n) is 20.8. The Morgan fingerprint density at radius 3 is 2.08 bits per heavy atom. The van der Waals surface area contributed by atoms with Crippen LogP contribution >= 0.6 is 0 Å². The minimum absolute atomic E-state index is 0.0970. The summed E-state index contributed by atoms with van der Waals surface area (Å²) in [6, 6.07) is 35.2. The highest BCUT2D eigenvalue weighted by molar-refractivity contribution is 6.20. The van der Waals surface area contributed by atoms with Crippen LogP contribution in [0.15, 0.2) is 109 Å². The lowest BCUT2D eigenvalue weighted by Crippen LogP contribution is -2.15. The minimum atomic E-state index is -0.0970. The molecule has 2 aliphatic carbocycles. The fourth-order valence-electron chi connectivity index (χ4n) is 6.49. The molecule has 6 aromatic rings. The highest BCUT2D eigenvalue weighted by atomic mass is 14.8. The predicted molar refractivity (Wildman–Crippen MR) is 152 cm³/mol. The van der Waals surface area contributed by atoms with E-state index in [2.05, 4.69) is 97.7 Å². The lowest BCUT2D eigenvalue weighted by atomic mass is 9.80. The zero-order chi connectivity index (χ0) is 24.7. The van der Waals surface area contributed by atoms with Crippen LogP contribution in [0.25, 0.3) is 66.7 Å². The maximum absolute atomic E-state index is 4.72. The second kappa shape index (κ2) is 7.24. The third-order valence-electron chi connectivity index (χ3n) is 8.33. The summed E-state index contributed by atoms with van der Waals surface area (Å²) in [6.45, 7) is 4.74. The molecule has 0 spiro atoms. The number of benzene rings is 4. The van der Waals surface area contributed by atoms with Gasteiger partial charge in [-0.2, -0.15) is 0 Å². The second-order valence-corrected chi connectivity index (χ2v) is 10.7. The maximum atomic E-state index is 4.72. The van der Waals surface area contributed by atoms with Crippen molar-refractivity contribution in [3.05, 3.63) is 121 Å². The monoisotopic (exact) mass is 472 g/mol. The Hall–Kier alpha value is -4.56. The van der Waals surface area contributed by atoms with E-state index in [1.54, 1.807) is 6.20 Å². The Balaban J connectivity index is 1.29. The molecule has 0 N–H and O–H groups in total. The van der Waals surface area contributed by atoms with Crippen LogP contribution in [0.4, 0.5) is 0 Å². The first-order valence-corrected chi connectivity index (χ1v) is 12.8. The van der Waals surface area contributed by atoms with E-state index in [1.807, 2.05) is 24.4 Å². The molecule has 0 unspecified atom stereocenters. The van der Waals surface area contributed by atoms with Gasteiger partial charge >= 0.3 is 0 Å². The summed E-state index contributed by atoms with van der Waals surface area (Å²) in [5, 5.41) is 2.76. The Labute approximate surface area is 216 Å². The third kappa shape index (κ3) is 2.76. The van der Waals surface area contributed by atoms with E-state index in [1.165, 1.54) is 60.8 Å². The van der Waals surface area contributed by atoms with Gasteiger partial charge in [0, 0.05) is 23.4 Å². The SMILES string of the molecule is CC1(C)c2cc(-c3ccc(-c4ccccn4)nc3)ccc2-c2c1cc1c3c(cccc23)-c2ccccc2-1. The molecule has 2 nitrogen and oxygen atoms in total. The Morgan fingerprint density at radius 2 is 1.30 bits per heavy atom. The van der Waals surface area contributed by atoms with Crippen LogP contribution in [0.2, 0.25) is 0 Å². The molecule has 0 fully saturated rings. The Kier molecular flexibility index (Phi) is 4.03. The van der Waals surface area contributed by atoms with E-state index in [4.69, 9.17) is 4.98 Å². The van der Waals surface area contributed by atoms with Gasteiger partial charge in [-0.05, 0) is 91.2 Å². The largest absolute Gasteiger partial charge is 0.255 e. The fourth-order valence-corrected chi connectivity index (χ4v) is 6.49. The van der Waals surface area contributed by atoms with Crippen LogP contribution in [-0.4, -0.2) is 9.97 Å². The van der Waals surface area contributed by atoms with Crippen molar-refractivity contribution in [2.24, 2.45) is 0 Å². The van der Waals surface area contributed by atoms with Crippen molar-refractivity contribution in [3.8, 4) is 55.9 Å². The topological polar surface area (TPSA) is 25.8 Å². The molecule has 8 rings (SSSR count). The molecule has 0 bridgehead atoms. The zero-order valence-corrected chi connectivity index (χ0v) is 20.8. The summed E-state index contributed by atoms with van der Waals surface area (Å²) in [7, 11) is 0. The minimum Gasteiger partial charge on any atom is -0.255 e. The molecule has 2 heteroatoms. The third-order valence-corrected chi connectivity index (χ3v) is 8.33. The second-order valence-electron chi connectivity index (χ2n) is 10.7. The normalized spacial score (nSPS) is 13.9. The van der Waals surface area contributed by atoms with Crippen molar-refractivity contribution in [2.45, 2.75) is 19.3 Å². The molecule has 0 aliphatic heterocycles. The average molecular weight is 473 g/mol. The van der Waals surface area contributed by atoms with Crippen LogP contribution in [0, 0.1) is 0 Å². The lowest BCUT2D eigenvalue weighted by Gasteiger charge is -2.23. The molecule has 0 atom stereocenters. The van der Waals surface area contributed by atoms with Gasteiger partial charge in [0.1, 0.15) is 0 Å². The molecule has 0 amide bonds. The van der Waals surface area contributed by atoms with Gasteiger partial charge in [-0.3, -0.25) is 9.97 Å². The molecule has 37 heavy (non-hydrogen) atoms. The smallest absolute Gasteiger partial charge is 0.0886 e. The number of pyridine rings is 2. The van der Waals surface area contributed by atoms with Gasteiger partial charge in [-0.1, -0.05) is 80.6 Å². The van der Waals surface area contributed by atoms with Gasteiger partial charge in [-0.25, -0.2) is 0 Å². The number of hydrogen-bond donors (Lipinski definition) is 0. The van der Waals surface area contributed by atoms with E-state index in [-0.39, 0.29) is 5.41 Å². The number of hydrogen-bond acceptors (Lipinski definition) is 2. The predicted octanol–water partition coefficient (Wildman–Crippen LogP) is 8.92. The van der Waals surface area contributed by atoms with Crippen LogP contribution in [0.5, 0.6) is 0 Å². The Bertz CT molecular complexity index is 1880. The van der Waals surface area contributed by atoms with Crippen molar-refractivity contribution in [1.82, 2.24) is 9.97 Å². The van der Waals surface area contributed by atoms with Gasteiger partial charge in [0.15, 0.2) is 0 Å². The highest BCUT2D eigenvalue weighted by Crippen LogP contribution is 2.57. The molecule has 2 heterocycles. The Morgan fingerprint density at radius 1 is 0.541 bits per heavy atom. The quantitative estimate of drug-likeness (QED) is 0.251. The fraction of sp³-hybridized carbons (Fsp3) is 0.0857. The van der Waals surface area contributed by atoms with E-state index in [9.17, 15) is 0 Å². The standard InChI is InChI=1S/C35H24N2/c1-35(2)29-18-21(22-14-16-32(37-20-22)31-12-5-6-17-36-31)13-15-26(29)34-27-11-7-10-25-23-8-3-4-9-24(23)28(33(25)27)19-30(34)35/h3-20H,1-2H3. The summed E-state index contributed by atoms with van der Waals surface area (Å²) >= 11 is 0. The van der Waals surface area contributed by atoms with Crippen molar-refractivity contribution in [3.63, 3.8) is 0 Å². The molecule has 0 radical (unpaired) electrons. The summed E-state index contributed by atoms with van der Waals surface area (Å²) in [5.74, 6) is 0. The van der Waals surface area contributed by atoms with Crippen LogP contribution < -0.4 is 0 Å². The molecule has 174 valence electrons. The molecule has 2 aromatic heterocycles. The van der Waals surface area contributed by atoms with E-state index < -0.39 is 0 Å². The molecular weight excluding hydrogens is 448 g/mol. The molecule has 4 aromatic carbocycles. The number of aromatic nitrogens is 2. The van der Waals surface area contributed by atoms with Crippen molar-refractivity contribution >= 4 is 10.8 Å². The van der Waals surface area contributed by atoms with Crippen molar-refractivity contribution < 1.29 is 0 Å².